The van der Waals surface area contributed by atoms with Crippen LogP contribution in [0.25, 0.3) is 0 Å². The van der Waals surface area contributed by atoms with Crippen LogP contribution >= 0.6 is 0 Å². The van der Waals surface area contributed by atoms with E-state index in [9.17, 15) is 9.59 Å². The quantitative estimate of drug-likeness (QED) is 0.712. The number of amides is 2. The number of hydrogen-bond acceptors (Lipinski definition) is 4. The molecule has 6 heteroatoms. The van der Waals surface area contributed by atoms with Crippen LogP contribution in [0.2, 0.25) is 0 Å². The number of anilines is 1. The lowest BCUT2D eigenvalue weighted by atomic mass is 9.83. The maximum Gasteiger partial charge on any atom is 0.224 e. The lowest BCUT2D eigenvalue weighted by Gasteiger charge is -2.28. The van der Waals surface area contributed by atoms with Crippen molar-refractivity contribution in [3.63, 3.8) is 0 Å². The summed E-state index contributed by atoms with van der Waals surface area (Å²) in [6, 6.07) is 7.27. The molecular formula is C17H25N3O3. The number of ether oxygens (including phenoxy) is 1. The fraction of sp³-hybridized carbons (Fsp3) is 0.529. The van der Waals surface area contributed by atoms with E-state index in [1.807, 2.05) is 12.1 Å². The normalized spacial score (nSPS) is 20.7. The van der Waals surface area contributed by atoms with Crippen LogP contribution in [0.1, 0.15) is 38.5 Å². The van der Waals surface area contributed by atoms with Gasteiger partial charge in [0.2, 0.25) is 11.8 Å². The number of benzene rings is 1. The first-order valence-electron chi connectivity index (χ1n) is 8.12. The number of para-hydroxylation sites is 2. The highest BCUT2D eigenvalue weighted by atomic mass is 16.5. The Hall–Kier alpha value is -2.08. The van der Waals surface area contributed by atoms with Crippen LogP contribution in [0, 0.1) is 5.92 Å². The lowest BCUT2D eigenvalue weighted by Crippen LogP contribution is -2.35. The fourth-order valence-electron chi connectivity index (χ4n) is 2.89. The Balaban J connectivity index is 1.90. The number of rotatable bonds is 7. The molecule has 0 aliphatic heterocycles. The van der Waals surface area contributed by atoms with E-state index in [2.05, 4.69) is 5.32 Å². The van der Waals surface area contributed by atoms with E-state index < -0.39 is 5.91 Å². The molecule has 1 saturated carbocycles. The van der Waals surface area contributed by atoms with E-state index in [0.29, 0.717) is 17.9 Å². The van der Waals surface area contributed by atoms with E-state index in [1.54, 1.807) is 12.1 Å². The summed E-state index contributed by atoms with van der Waals surface area (Å²) in [6.45, 7) is 0.190. The van der Waals surface area contributed by atoms with E-state index in [0.717, 1.165) is 25.7 Å². The summed E-state index contributed by atoms with van der Waals surface area (Å²) in [7, 11) is 0. The third-order valence-corrected chi connectivity index (χ3v) is 4.18. The van der Waals surface area contributed by atoms with Gasteiger partial charge in [-0.3, -0.25) is 9.59 Å². The number of carbonyl (C=O) groups is 2. The molecule has 0 heterocycles. The van der Waals surface area contributed by atoms with Crippen molar-refractivity contribution in [1.29, 1.82) is 0 Å². The Bertz CT molecular complexity index is 548. The first-order valence-corrected chi connectivity index (χ1v) is 8.12. The van der Waals surface area contributed by atoms with Crippen LogP contribution < -0.4 is 21.5 Å². The molecule has 2 amide bonds. The second-order valence-corrected chi connectivity index (χ2v) is 6.02. The summed E-state index contributed by atoms with van der Waals surface area (Å²) < 4.78 is 5.52. The predicted octanol–water partition coefficient (Wildman–Crippen LogP) is 1.79. The minimum absolute atomic E-state index is 0.0571. The summed E-state index contributed by atoms with van der Waals surface area (Å²) in [5.41, 5.74) is 11.8. The van der Waals surface area contributed by atoms with E-state index >= 15 is 0 Å². The number of hydrogen-bond donors (Lipinski definition) is 3. The summed E-state index contributed by atoms with van der Waals surface area (Å²) in [6.07, 6.45) is 4.85. The summed E-state index contributed by atoms with van der Waals surface area (Å²) in [4.78, 5) is 23.0. The fourth-order valence-corrected chi connectivity index (χ4v) is 2.89. The van der Waals surface area contributed by atoms with Crippen molar-refractivity contribution in [2.24, 2.45) is 17.4 Å². The number of primary amides is 1. The zero-order valence-electron chi connectivity index (χ0n) is 13.3. The molecule has 1 aliphatic carbocycles. The average Bonchev–Trinajstić information content (AvgIpc) is 2.51. The van der Waals surface area contributed by atoms with Gasteiger partial charge in [0.1, 0.15) is 5.75 Å². The van der Waals surface area contributed by atoms with Gasteiger partial charge < -0.3 is 21.5 Å². The molecule has 0 aromatic heterocycles. The Labute approximate surface area is 136 Å². The van der Waals surface area contributed by atoms with Gasteiger partial charge in [-0.25, -0.2) is 0 Å². The molecule has 0 radical (unpaired) electrons. The van der Waals surface area contributed by atoms with Crippen LogP contribution in [0.4, 0.5) is 5.69 Å². The maximum atomic E-state index is 12.3. The van der Waals surface area contributed by atoms with Crippen molar-refractivity contribution in [1.82, 2.24) is 0 Å². The van der Waals surface area contributed by atoms with Gasteiger partial charge in [-0.2, -0.15) is 0 Å². The van der Waals surface area contributed by atoms with Crippen molar-refractivity contribution < 1.29 is 14.3 Å². The highest BCUT2D eigenvalue weighted by molar-refractivity contribution is 5.92. The molecule has 1 aromatic rings. The maximum absolute atomic E-state index is 12.3. The molecule has 1 fully saturated rings. The zero-order chi connectivity index (χ0) is 16.7. The smallest absolute Gasteiger partial charge is 0.224 e. The van der Waals surface area contributed by atoms with Gasteiger partial charge in [0.15, 0.2) is 0 Å². The number of nitrogens with two attached hydrogens (primary N) is 2. The molecule has 2 unspecified atom stereocenters. The molecule has 2 rings (SSSR count). The molecular weight excluding hydrogens is 294 g/mol. The third-order valence-electron chi connectivity index (χ3n) is 4.18. The van der Waals surface area contributed by atoms with E-state index in [-0.39, 0.29) is 30.9 Å². The zero-order valence-corrected chi connectivity index (χ0v) is 13.3. The third kappa shape index (κ3) is 5.56. The molecule has 0 bridgehead atoms. The Morgan fingerprint density at radius 1 is 1.22 bits per heavy atom. The molecule has 0 saturated heterocycles. The van der Waals surface area contributed by atoms with Gasteiger partial charge >= 0.3 is 0 Å². The lowest BCUT2D eigenvalue weighted by molar-refractivity contribution is -0.119. The van der Waals surface area contributed by atoms with Gasteiger partial charge in [0.25, 0.3) is 0 Å². The summed E-state index contributed by atoms with van der Waals surface area (Å²) in [5, 5.41) is 2.88. The van der Waals surface area contributed by atoms with Crippen LogP contribution in [0.3, 0.4) is 0 Å². The standard InChI is InChI=1S/C17H25N3O3/c18-13-6-2-1-5-12(13)11-17(22)20-14-7-3-4-8-15(14)23-10-9-16(19)21/h3-4,7-8,12-13H,1-2,5-6,9-11,18H2,(H2,19,21)(H,20,22). The molecule has 5 N–H and O–H groups in total. The van der Waals surface area contributed by atoms with E-state index in [1.165, 1.54) is 0 Å². The van der Waals surface area contributed by atoms with Crippen molar-refractivity contribution >= 4 is 17.5 Å². The summed E-state index contributed by atoms with van der Waals surface area (Å²) >= 11 is 0. The van der Waals surface area contributed by atoms with Crippen LogP contribution in [0.5, 0.6) is 5.75 Å². The molecule has 1 aromatic carbocycles. The molecule has 2 atom stereocenters. The van der Waals surface area contributed by atoms with Gasteiger partial charge in [-0.1, -0.05) is 25.0 Å². The molecule has 126 valence electrons. The minimum Gasteiger partial charge on any atom is -0.491 e. The number of nitrogens with one attached hydrogen (secondary N) is 1. The molecule has 0 spiro atoms. The van der Waals surface area contributed by atoms with Gasteiger partial charge in [-0.15, -0.1) is 0 Å². The minimum atomic E-state index is -0.419. The van der Waals surface area contributed by atoms with Gasteiger partial charge in [0, 0.05) is 12.5 Å². The van der Waals surface area contributed by atoms with Crippen LogP contribution in [-0.4, -0.2) is 24.5 Å². The molecule has 23 heavy (non-hydrogen) atoms. The van der Waals surface area contributed by atoms with Crippen LogP contribution in [-0.2, 0) is 9.59 Å². The first kappa shape index (κ1) is 17.3. The second kappa shape index (κ2) is 8.53. The SMILES string of the molecule is NC(=O)CCOc1ccccc1NC(=O)CC1CCCCC1N. The van der Waals surface area contributed by atoms with Crippen molar-refractivity contribution in [2.45, 2.75) is 44.6 Å². The van der Waals surface area contributed by atoms with Gasteiger partial charge in [0.05, 0.1) is 18.7 Å². The number of carbonyl (C=O) groups excluding carboxylic acids is 2. The Kier molecular flexibility index (Phi) is 6.40. The topological polar surface area (TPSA) is 107 Å². The monoisotopic (exact) mass is 319 g/mol. The van der Waals surface area contributed by atoms with E-state index in [4.69, 9.17) is 16.2 Å². The Morgan fingerprint density at radius 2 is 1.96 bits per heavy atom. The first-order chi connectivity index (χ1) is 11.1. The predicted molar refractivity (Wildman–Crippen MR) is 88.9 cm³/mol. The van der Waals surface area contributed by atoms with Crippen molar-refractivity contribution in [3.8, 4) is 5.75 Å². The van der Waals surface area contributed by atoms with Crippen LogP contribution in [0.15, 0.2) is 24.3 Å². The van der Waals surface area contributed by atoms with Crippen molar-refractivity contribution in [3.05, 3.63) is 24.3 Å². The highest BCUT2D eigenvalue weighted by Gasteiger charge is 2.24. The van der Waals surface area contributed by atoms with Crippen molar-refractivity contribution in [2.75, 3.05) is 11.9 Å². The second-order valence-electron chi connectivity index (χ2n) is 6.02. The highest BCUT2D eigenvalue weighted by Crippen LogP contribution is 2.28. The molecule has 1 aliphatic rings. The largest absolute Gasteiger partial charge is 0.491 e. The van der Waals surface area contributed by atoms with Gasteiger partial charge in [-0.05, 0) is 30.9 Å². The summed E-state index contributed by atoms with van der Waals surface area (Å²) in [5.74, 6) is 0.304. The average molecular weight is 319 g/mol. The Morgan fingerprint density at radius 3 is 2.70 bits per heavy atom. The molecule has 6 nitrogen and oxygen atoms in total.